The molecule has 30 heavy (non-hydrogen) atoms. The lowest BCUT2D eigenvalue weighted by Gasteiger charge is -2.40. The molecule has 5 atom stereocenters. The molecule has 5 N–H and O–H groups in total. The van der Waals surface area contributed by atoms with Crippen molar-refractivity contribution in [2.24, 2.45) is 0 Å². The van der Waals surface area contributed by atoms with Crippen molar-refractivity contribution in [3.05, 3.63) is 69.3 Å². The molecule has 1 aliphatic carbocycles. The van der Waals surface area contributed by atoms with Crippen molar-refractivity contribution in [3.63, 3.8) is 0 Å². The Morgan fingerprint density at radius 3 is 2.43 bits per heavy atom. The highest BCUT2D eigenvalue weighted by atomic mass is 16.5. The third kappa shape index (κ3) is 3.77. The van der Waals surface area contributed by atoms with E-state index < -0.39 is 37.1 Å². The Balaban J connectivity index is 1.58. The summed E-state index contributed by atoms with van der Waals surface area (Å²) in [6.07, 6.45) is -2.67. The Labute approximate surface area is 175 Å². The second kappa shape index (κ2) is 8.13. The zero-order chi connectivity index (χ0) is 21.6. The lowest BCUT2D eigenvalue weighted by molar-refractivity contribution is -0.232. The minimum atomic E-state index is -1.48. The van der Waals surface area contributed by atoms with Crippen molar-refractivity contribution >= 4 is 6.08 Å². The van der Waals surface area contributed by atoms with E-state index in [4.69, 9.17) is 4.74 Å². The minimum absolute atomic E-state index is 0.0713. The number of rotatable bonds is 4. The van der Waals surface area contributed by atoms with E-state index in [1.54, 1.807) is 12.1 Å². The molecule has 6 heteroatoms. The van der Waals surface area contributed by atoms with Gasteiger partial charge in [0.2, 0.25) is 0 Å². The number of ether oxygens (including phenoxy) is 1. The van der Waals surface area contributed by atoms with E-state index in [2.05, 4.69) is 32.1 Å². The topological polar surface area (TPSA) is 110 Å². The van der Waals surface area contributed by atoms with Crippen LogP contribution < -0.4 is 0 Å². The molecule has 6 nitrogen and oxygen atoms in total. The van der Waals surface area contributed by atoms with Crippen LogP contribution in [0, 0.1) is 13.8 Å². The second-order valence-electron chi connectivity index (χ2n) is 8.43. The van der Waals surface area contributed by atoms with Crippen molar-refractivity contribution in [2.75, 3.05) is 6.61 Å². The van der Waals surface area contributed by atoms with Gasteiger partial charge in [-0.2, -0.15) is 0 Å². The van der Waals surface area contributed by atoms with Gasteiger partial charge in [-0.05, 0) is 66.6 Å². The number of benzene rings is 2. The van der Waals surface area contributed by atoms with Crippen LogP contribution in [0.4, 0.5) is 0 Å². The lowest BCUT2D eigenvalue weighted by Crippen LogP contribution is -2.55. The van der Waals surface area contributed by atoms with Gasteiger partial charge in [0, 0.05) is 5.56 Å². The van der Waals surface area contributed by atoms with Gasteiger partial charge < -0.3 is 30.3 Å². The molecular formula is C24H28O6. The maximum Gasteiger partial charge on any atom is 0.121 e. The number of aryl methyl sites for hydroxylation is 2. The van der Waals surface area contributed by atoms with E-state index in [1.165, 1.54) is 27.8 Å². The average molecular weight is 412 g/mol. The van der Waals surface area contributed by atoms with Crippen LogP contribution in [0.3, 0.4) is 0 Å². The molecule has 4 rings (SSSR count). The normalized spacial score (nSPS) is 28.3. The van der Waals surface area contributed by atoms with Crippen LogP contribution in [0.5, 0.6) is 5.75 Å². The summed E-state index contributed by atoms with van der Waals surface area (Å²) >= 11 is 0. The maximum atomic E-state index is 10.4. The molecule has 0 spiro atoms. The van der Waals surface area contributed by atoms with Gasteiger partial charge in [0.1, 0.15) is 36.3 Å². The zero-order valence-corrected chi connectivity index (χ0v) is 17.1. The first-order valence-electron chi connectivity index (χ1n) is 10.2. The standard InChI is InChI=1S/C24H28O6/c1-12-5-16-8-15(9-17(16)6-13(12)2)7-14-3-4-19(26)18(10-14)24-23(29)22(28)21(27)20(11-25)30-24/h3-6,8,10,20-29H,7,9,11H2,1-2H3/t20-,21-,22+,23-,24+/m1/s1. The van der Waals surface area contributed by atoms with Gasteiger partial charge in [-0.15, -0.1) is 0 Å². The Hall–Kier alpha value is -2.22. The molecule has 1 aliphatic heterocycles. The number of phenols is 1. The molecule has 1 fully saturated rings. The largest absolute Gasteiger partial charge is 0.508 e. The van der Waals surface area contributed by atoms with Crippen LogP contribution in [-0.4, -0.2) is 56.6 Å². The summed E-state index contributed by atoms with van der Waals surface area (Å²) in [5, 5.41) is 50.3. The molecule has 2 aromatic rings. The molecule has 0 radical (unpaired) electrons. The van der Waals surface area contributed by atoms with E-state index in [0.29, 0.717) is 12.0 Å². The van der Waals surface area contributed by atoms with Crippen molar-refractivity contribution in [3.8, 4) is 5.75 Å². The highest BCUT2D eigenvalue weighted by molar-refractivity contribution is 5.66. The maximum absolute atomic E-state index is 10.4. The van der Waals surface area contributed by atoms with Crippen LogP contribution in [-0.2, 0) is 17.6 Å². The van der Waals surface area contributed by atoms with Gasteiger partial charge in [0.05, 0.1) is 6.61 Å². The first kappa shape index (κ1) is 21.0. The molecule has 1 heterocycles. The van der Waals surface area contributed by atoms with Gasteiger partial charge in [0.15, 0.2) is 0 Å². The van der Waals surface area contributed by atoms with Gasteiger partial charge in [-0.3, -0.25) is 0 Å². The quantitative estimate of drug-likeness (QED) is 0.523. The number of aliphatic hydroxyl groups is 4. The Bertz CT molecular complexity index is 980. The SMILES string of the molecule is Cc1cc2c(cc1C)CC(Cc1ccc(O)c([C@@H]3O[C@H](CO)[C@@H](O)[C@H](O)[C@H]3O)c1)=C2. The number of hydrogen-bond acceptors (Lipinski definition) is 6. The van der Waals surface area contributed by atoms with Crippen LogP contribution in [0.2, 0.25) is 0 Å². The molecule has 0 saturated carbocycles. The predicted molar refractivity (Wildman–Crippen MR) is 112 cm³/mol. The van der Waals surface area contributed by atoms with Gasteiger partial charge in [0.25, 0.3) is 0 Å². The third-order valence-electron chi connectivity index (χ3n) is 6.25. The molecule has 1 saturated heterocycles. The number of aliphatic hydroxyl groups excluding tert-OH is 4. The number of phenolic OH excluding ortho intramolecular Hbond substituents is 1. The number of hydrogen-bond donors (Lipinski definition) is 5. The molecule has 0 bridgehead atoms. The summed E-state index contributed by atoms with van der Waals surface area (Å²) in [6, 6.07) is 9.55. The Morgan fingerprint density at radius 1 is 0.967 bits per heavy atom. The van der Waals surface area contributed by atoms with Gasteiger partial charge in [-0.1, -0.05) is 29.8 Å². The van der Waals surface area contributed by atoms with E-state index in [0.717, 1.165) is 12.0 Å². The van der Waals surface area contributed by atoms with Gasteiger partial charge in [-0.25, -0.2) is 0 Å². The molecule has 160 valence electrons. The fraction of sp³-hybridized carbons (Fsp3) is 0.417. The van der Waals surface area contributed by atoms with E-state index in [-0.39, 0.29) is 5.75 Å². The number of allylic oxidation sites excluding steroid dienone is 1. The number of aromatic hydroxyl groups is 1. The summed E-state index contributed by atoms with van der Waals surface area (Å²) in [7, 11) is 0. The first-order chi connectivity index (χ1) is 14.3. The van der Waals surface area contributed by atoms with Gasteiger partial charge >= 0.3 is 0 Å². The fourth-order valence-corrected chi connectivity index (χ4v) is 4.38. The van der Waals surface area contributed by atoms with Crippen molar-refractivity contribution in [2.45, 2.75) is 57.2 Å². The lowest BCUT2D eigenvalue weighted by atomic mass is 9.89. The van der Waals surface area contributed by atoms with E-state index in [1.807, 2.05) is 6.07 Å². The van der Waals surface area contributed by atoms with Crippen molar-refractivity contribution in [1.82, 2.24) is 0 Å². The summed E-state index contributed by atoms with van der Waals surface area (Å²) in [4.78, 5) is 0. The van der Waals surface area contributed by atoms with Crippen LogP contribution in [0.1, 0.15) is 39.5 Å². The second-order valence-corrected chi connectivity index (χ2v) is 8.43. The third-order valence-corrected chi connectivity index (χ3v) is 6.25. The highest BCUT2D eigenvalue weighted by Gasteiger charge is 2.44. The Morgan fingerprint density at radius 2 is 1.70 bits per heavy atom. The van der Waals surface area contributed by atoms with Crippen molar-refractivity contribution < 1.29 is 30.3 Å². The van der Waals surface area contributed by atoms with Crippen molar-refractivity contribution in [1.29, 1.82) is 0 Å². The van der Waals surface area contributed by atoms with Crippen LogP contribution in [0.25, 0.3) is 6.08 Å². The monoisotopic (exact) mass is 412 g/mol. The zero-order valence-electron chi connectivity index (χ0n) is 17.1. The van der Waals surface area contributed by atoms with E-state index >= 15 is 0 Å². The molecule has 2 aromatic carbocycles. The smallest absolute Gasteiger partial charge is 0.121 e. The average Bonchev–Trinajstić information content (AvgIpc) is 3.09. The summed E-state index contributed by atoms with van der Waals surface area (Å²) in [6.45, 7) is 3.71. The minimum Gasteiger partial charge on any atom is -0.508 e. The highest BCUT2D eigenvalue weighted by Crippen LogP contribution is 2.38. The Kier molecular flexibility index (Phi) is 5.70. The molecule has 2 aliphatic rings. The molecule has 0 amide bonds. The molecule has 0 unspecified atom stereocenters. The molecular weight excluding hydrogens is 384 g/mol. The van der Waals surface area contributed by atoms with Crippen LogP contribution >= 0.6 is 0 Å². The summed E-state index contributed by atoms with van der Waals surface area (Å²) in [5.41, 5.74) is 7.60. The number of fused-ring (bicyclic) bond motifs is 1. The summed E-state index contributed by atoms with van der Waals surface area (Å²) in [5.74, 6) is -0.0713. The fourth-order valence-electron chi connectivity index (χ4n) is 4.38. The van der Waals surface area contributed by atoms with E-state index in [9.17, 15) is 25.5 Å². The molecule has 0 aromatic heterocycles. The first-order valence-corrected chi connectivity index (χ1v) is 10.2. The summed E-state index contributed by atoms with van der Waals surface area (Å²) < 4.78 is 5.61. The van der Waals surface area contributed by atoms with Crippen LogP contribution in [0.15, 0.2) is 35.9 Å². The predicted octanol–water partition coefficient (Wildman–Crippen LogP) is 1.71.